The maximum absolute atomic E-state index is 10.3. The van der Waals surface area contributed by atoms with Gasteiger partial charge in [0, 0.05) is 6.92 Å². The molecule has 0 radical (unpaired) electrons. The molecule has 2 N–H and O–H groups in total. The second-order valence-electron chi connectivity index (χ2n) is 1.99. The van der Waals surface area contributed by atoms with Crippen LogP contribution in [0.4, 0.5) is 0 Å². The van der Waals surface area contributed by atoms with Crippen LogP contribution in [-0.2, 0) is 4.79 Å². The van der Waals surface area contributed by atoms with E-state index in [0.29, 0.717) is 0 Å². The maximum Gasteiger partial charge on any atom is 0.217 e. The second kappa shape index (κ2) is 17.5. The molecule has 82 valence electrons. The largest absolute Gasteiger partial charge is 0.394 e. The average molecular weight is 191 g/mol. The molecule has 0 rings (SSSR count). The highest BCUT2D eigenvalue weighted by atomic mass is 16.3. The molecule has 0 aromatic carbocycles. The number of carbonyl (C=O) groups is 1. The molecule has 0 bridgehead atoms. The van der Waals surface area contributed by atoms with E-state index < -0.39 is 0 Å². The molecule has 0 aromatic rings. The van der Waals surface area contributed by atoms with Gasteiger partial charge in [-0.2, -0.15) is 0 Å². The van der Waals surface area contributed by atoms with Gasteiger partial charge in [-0.05, 0) is 6.42 Å². The van der Waals surface area contributed by atoms with Crippen LogP contribution in [-0.4, -0.2) is 23.7 Å². The third-order valence-electron chi connectivity index (χ3n) is 1.12. The highest BCUT2D eigenvalue weighted by Crippen LogP contribution is 1.86. The van der Waals surface area contributed by atoms with Crippen LogP contribution >= 0.6 is 0 Å². The minimum absolute atomic E-state index is 0.0239. The van der Waals surface area contributed by atoms with Crippen molar-refractivity contribution in [1.29, 1.82) is 0 Å². The van der Waals surface area contributed by atoms with Crippen LogP contribution in [0.2, 0.25) is 0 Å². The SMILES string of the molecule is CC.CC.CC[C@@H](CO)NC(C)=O. The fraction of sp³-hybridized carbons (Fsp3) is 0.900. The molecule has 0 saturated heterocycles. The predicted molar refractivity (Wildman–Crippen MR) is 57.7 cm³/mol. The molecule has 0 spiro atoms. The van der Waals surface area contributed by atoms with Crippen LogP contribution in [0.15, 0.2) is 0 Å². The van der Waals surface area contributed by atoms with Gasteiger partial charge >= 0.3 is 0 Å². The summed E-state index contributed by atoms with van der Waals surface area (Å²) in [4.78, 5) is 10.3. The summed E-state index contributed by atoms with van der Waals surface area (Å²) in [5, 5.41) is 11.2. The minimum atomic E-state index is -0.0871. The first-order valence-electron chi connectivity index (χ1n) is 5.08. The van der Waals surface area contributed by atoms with Gasteiger partial charge in [-0.3, -0.25) is 4.79 Å². The summed E-state index contributed by atoms with van der Waals surface area (Å²) in [5.41, 5.74) is 0. The highest BCUT2D eigenvalue weighted by Gasteiger charge is 2.03. The number of amides is 1. The molecule has 1 amide bonds. The molecule has 13 heavy (non-hydrogen) atoms. The lowest BCUT2D eigenvalue weighted by molar-refractivity contribution is -0.120. The number of aliphatic hydroxyl groups is 1. The Balaban J connectivity index is -0.000000218. The third kappa shape index (κ3) is 18.4. The van der Waals surface area contributed by atoms with E-state index in [1.807, 2.05) is 34.6 Å². The Kier molecular flexibility index (Phi) is 24.6. The molecule has 3 heteroatoms. The quantitative estimate of drug-likeness (QED) is 0.716. The Bertz CT molecular complexity index is 90.9. The predicted octanol–water partition coefficient (Wildman–Crippen LogP) is 1.95. The van der Waals surface area contributed by atoms with E-state index in [1.54, 1.807) is 0 Å². The lowest BCUT2D eigenvalue weighted by atomic mass is 10.2. The van der Waals surface area contributed by atoms with Crippen LogP contribution in [0.5, 0.6) is 0 Å². The van der Waals surface area contributed by atoms with Gasteiger partial charge < -0.3 is 10.4 Å². The van der Waals surface area contributed by atoms with Gasteiger partial charge in [-0.25, -0.2) is 0 Å². The van der Waals surface area contributed by atoms with Gasteiger partial charge in [-0.1, -0.05) is 34.6 Å². The van der Waals surface area contributed by atoms with Crippen molar-refractivity contribution in [1.82, 2.24) is 5.32 Å². The molecule has 0 aliphatic rings. The van der Waals surface area contributed by atoms with E-state index in [-0.39, 0.29) is 18.6 Å². The molecule has 0 fully saturated rings. The number of rotatable bonds is 3. The molecule has 0 aliphatic heterocycles. The first-order valence-corrected chi connectivity index (χ1v) is 5.08. The average Bonchev–Trinajstić information content (AvgIpc) is 2.20. The molecule has 0 heterocycles. The fourth-order valence-electron chi connectivity index (χ4n) is 0.564. The fourth-order valence-corrected chi connectivity index (χ4v) is 0.564. The molecule has 0 aliphatic carbocycles. The summed E-state index contributed by atoms with van der Waals surface area (Å²) in [6.07, 6.45) is 0.774. The molecular formula is C10H25NO2. The lowest BCUT2D eigenvalue weighted by Gasteiger charge is -2.10. The van der Waals surface area contributed by atoms with E-state index >= 15 is 0 Å². The van der Waals surface area contributed by atoms with Gasteiger partial charge in [0.15, 0.2) is 0 Å². The molecule has 0 unspecified atom stereocenters. The van der Waals surface area contributed by atoms with E-state index in [0.717, 1.165) is 6.42 Å². The summed E-state index contributed by atoms with van der Waals surface area (Å²) in [6.45, 7) is 11.4. The summed E-state index contributed by atoms with van der Waals surface area (Å²) >= 11 is 0. The zero-order valence-corrected chi connectivity index (χ0v) is 9.85. The summed E-state index contributed by atoms with van der Waals surface area (Å²) in [6, 6.07) is -0.0671. The zero-order chi connectivity index (χ0) is 11.3. The Labute approximate surface area is 82.5 Å². The monoisotopic (exact) mass is 191 g/mol. The first kappa shape index (κ1) is 18.3. The van der Waals surface area contributed by atoms with E-state index in [1.165, 1.54) is 6.92 Å². The summed E-state index contributed by atoms with van der Waals surface area (Å²) in [5.74, 6) is -0.0871. The van der Waals surface area contributed by atoms with Crippen molar-refractivity contribution in [3.63, 3.8) is 0 Å². The number of carbonyl (C=O) groups excluding carboxylic acids is 1. The van der Waals surface area contributed by atoms with Crippen molar-refractivity contribution in [2.24, 2.45) is 0 Å². The van der Waals surface area contributed by atoms with E-state index in [9.17, 15) is 4.79 Å². The van der Waals surface area contributed by atoms with Crippen LogP contribution < -0.4 is 5.32 Å². The van der Waals surface area contributed by atoms with Crippen molar-refractivity contribution in [3.05, 3.63) is 0 Å². The van der Waals surface area contributed by atoms with Crippen molar-refractivity contribution >= 4 is 5.91 Å². The van der Waals surface area contributed by atoms with Crippen LogP contribution in [0, 0.1) is 0 Å². The smallest absolute Gasteiger partial charge is 0.217 e. The van der Waals surface area contributed by atoms with Crippen molar-refractivity contribution in [2.45, 2.75) is 54.0 Å². The first-order chi connectivity index (χ1) is 6.20. The highest BCUT2D eigenvalue weighted by molar-refractivity contribution is 5.73. The Morgan fingerprint density at radius 2 is 1.69 bits per heavy atom. The molecule has 3 nitrogen and oxygen atoms in total. The molecule has 0 saturated carbocycles. The number of nitrogens with one attached hydrogen (secondary N) is 1. The zero-order valence-electron chi connectivity index (χ0n) is 9.85. The normalized spacial score (nSPS) is 9.77. The standard InChI is InChI=1S/C6H13NO2.2C2H6/c1-3-6(4-8)7-5(2)9;2*1-2/h6,8H,3-4H2,1-2H3,(H,7,9);2*1-2H3/t6-;;/m0../s1. The maximum atomic E-state index is 10.3. The molecule has 1 atom stereocenters. The van der Waals surface area contributed by atoms with Gasteiger partial charge in [-0.15, -0.1) is 0 Å². The number of hydrogen-bond donors (Lipinski definition) is 2. The van der Waals surface area contributed by atoms with Crippen LogP contribution in [0.25, 0.3) is 0 Å². The van der Waals surface area contributed by atoms with Crippen molar-refractivity contribution < 1.29 is 9.90 Å². The molecular weight excluding hydrogens is 166 g/mol. The molecule has 0 aromatic heterocycles. The Morgan fingerprint density at radius 1 is 1.31 bits per heavy atom. The van der Waals surface area contributed by atoms with E-state index in [4.69, 9.17) is 5.11 Å². The van der Waals surface area contributed by atoms with Crippen molar-refractivity contribution in [2.75, 3.05) is 6.61 Å². The van der Waals surface area contributed by atoms with Gasteiger partial charge in [0.25, 0.3) is 0 Å². The van der Waals surface area contributed by atoms with Crippen molar-refractivity contribution in [3.8, 4) is 0 Å². The van der Waals surface area contributed by atoms with Crippen LogP contribution in [0.1, 0.15) is 48.0 Å². The van der Waals surface area contributed by atoms with Gasteiger partial charge in [0.05, 0.1) is 12.6 Å². The minimum Gasteiger partial charge on any atom is -0.394 e. The second-order valence-corrected chi connectivity index (χ2v) is 1.99. The Morgan fingerprint density at radius 3 is 1.77 bits per heavy atom. The van der Waals surface area contributed by atoms with Gasteiger partial charge in [0.2, 0.25) is 5.91 Å². The number of hydrogen-bond acceptors (Lipinski definition) is 2. The summed E-state index contributed by atoms with van der Waals surface area (Å²) < 4.78 is 0. The number of aliphatic hydroxyl groups excluding tert-OH is 1. The topological polar surface area (TPSA) is 49.3 Å². The lowest BCUT2D eigenvalue weighted by Crippen LogP contribution is -2.35. The van der Waals surface area contributed by atoms with Gasteiger partial charge in [0.1, 0.15) is 0 Å². The summed E-state index contributed by atoms with van der Waals surface area (Å²) in [7, 11) is 0. The van der Waals surface area contributed by atoms with E-state index in [2.05, 4.69) is 5.32 Å². The third-order valence-corrected chi connectivity index (χ3v) is 1.12. The Hall–Kier alpha value is -0.570. The van der Waals surface area contributed by atoms with Crippen LogP contribution in [0.3, 0.4) is 0 Å².